The van der Waals surface area contributed by atoms with Crippen LogP contribution in [0.2, 0.25) is 0 Å². The van der Waals surface area contributed by atoms with Gasteiger partial charge in [-0.05, 0) is 55.6 Å². The number of pyridine rings is 2. The number of para-hydroxylation sites is 1. The topological polar surface area (TPSA) is 93.9 Å². The van der Waals surface area contributed by atoms with Crippen molar-refractivity contribution < 1.29 is 4.39 Å². The van der Waals surface area contributed by atoms with Crippen LogP contribution in [0.5, 0.6) is 0 Å². The molecule has 3 aromatic heterocycles. The molecule has 5 aromatic rings. The summed E-state index contributed by atoms with van der Waals surface area (Å²) in [6.07, 6.45) is 7.16. The molecule has 0 bridgehead atoms. The molecule has 0 spiro atoms. The summed E-state index contributed by atoms with van der Waals surface area (Å²) in [7, 11) is 4.04. The van der Waals surface area contributed by atoms with Gasteiger partial charge in [-0.25, -0.2) is 14.9 Å². The van der Waals surface area contributed by atoms with Gasteiger partial charge in [-0.15, -0.1) is 0 Å². The van der Waals surface area contributed by atoms with Gasteiger partial charge >= 0.3 is 0 Å². The summed E-state index contributed by atoms with van der Waals surface area (Å²) < 4.78 is 13.4. The molecule has 3 heterocycles. The van der Waals surface area contributed by atoms with Crippen LogP contribution in [0.25, 0.3) is 33.3 Å². The Bertz CT molecular complexity index is 1490. The highest BCUT2D eigenvalue weighted by Gasteiger charge is 2.20. The molecule has 0 saturated carbocycles. The van der Waals surface area contributed by atoms with E-state index in [1.165, 1.54) is 12.1 Å². The molecule has 0 amide bonds. The molecule has 174 valence electrons. The second kappa shape index (κ2) is 9.52. The normalized spacial score (nSPS) is 12.2. The Labute approximate surface area is 202 Å². The molecular weight excluding hydrogens is 441 g/mol. The first kappa shape index (κ1) is 22.5. The van der Waals surface area contributed by atoms with Crippen molar-refractivity contribution in [2.45, 2.75) is 12.6 Å². The number of H-pyrrole nitrogens is 1. The molecule has 0 aliphatic heterocycles. The number of aromatic nitrogens is 4. The molecule has 2 aromatic carbocycles. The number of halogens is 1. The summed E-state index contributed by atoms with van der Waals surface area (Å²) in [5, 5.41) is 3.87. The second-order valence-electron chi connectivity index (χ2n) is 8.69. The quantitative estimate of drug-likeness (QED) is 0.288. The Morgan fingerprint density at radius 2 is 1.69 bits per heavy atom. The van der Waals surface area contributed by atoms with Crippen molar-refractivity contribution in [3.05, 3.63) is 102 Å². The molecule has 7 nitrogen and oxygen atoms in total. The van der Waals surface area contributed by atoms with Gasteiger partial charge < -0.3 is 9.88 Å². The monoisotopic (exact) mass is 465 g/mol. The van der Waals surface area contributed by atoms with Crippen LogP contribution in [0.4, 0.5) is 4.39 Å². The van der Waals surface area contributed by atoms with E-state index in [9.17, 15) is 4.39 Å². The zero-order chi connectivity index (χ0) is 24.4. The van der Waals surface area contributed by atoms with Gasteiger partial charge in [0.25, 0.3) is 0 Å². The lowest BCUT2D eigenvalue weighted by atomic mass is 10.0. The maximum atomic E-state index is 13.4. The van der Waals surface area contributed by atoms with Gasteiger partial charge in [0.2, 0.25) is 0 Å². The van der Waals surface area contributed by atoms with E-state index in [-0.39, 0.29) is 5.82 Å². The summed E-state index contributed by atoms with van der Waals surface area (Å²) in [5.41, 5.74) is 14.9. The Morgan fingerprint density at radius 3 is 2.43 bits per heavy atom. The van der Waals surface area contributed by atoms with Crippen molar-refractivity contribution in [1.82, 2.24) is 24.8 Å². The van der Waals surface area contributed by atoms with Crippen LogP contribution in [0.1, 0.15) is 23.0 Å². The van der Waals surface area contributed by atoms with E-state index < -0.39 is 6.04 Å². The maximum Gasteiger partial charge on any atom is 0.155 e. The lowest BCUT2D eigenvalue weighted by molar-refractivity contribution is 0.402. The number of aromatic amines is 1. The Hall–Kier alpha value is -4.30. The fourth-order valence-corrected chi connectivity index (χ4v) is 4.20. The molecule has 35 heavy (non-hydrogen) atoms. The molecule has 0 aliphatic rings. The second-order valence-corrected chi connectivity index (χ2v) is 8.69. The van der Waals surface area contributed by atoms with Crippen LogP contribution in [0.15, 0.2) is 84.5 Å². The van der Waals surface area contributed by atoms with Crippen molar-refractivity contribution in [2.24, 2.45) is 5.11 Å². The lowest BCUT2D eigenvalue weighted by Crippen LogP contribution is -2.10. The zero-order valence-electron chi connectivity index (χ0n) is 19.4. The van der Waals surface area contributed by atoms with Crippen molar-refractivity contribution >= 4 is 11.0 Å². The number of hydrogen-bond acceptors (Lipinski definition) is 6. The van der Waals surface area contributed by atoms with E-state index in [4.69, 9.17) is 10.5 Å². The van der Waals surface area contributed by atoms with Gasteiger partial charge in [-0.3, -0.25) is 9.97 Å². The third kappa shape index (κ3) is 4.69. The Morgan fingerprint density at radius 1 is 0.943 bits per heavy atom. The van der Waals surface area contributed by atoms with Crippen molar-refractivity contribution in [1.29, 1.82) is 5.53 Å². The van der Waals surface area contributed by atoms with Crippen LogP contribution < -0.4 is 0 Å². The van der Waals surface area contributed by atoms with Crippen molar-refractivity contribution in [2.75, 3.05) is 14.1 Å². The zero-order valence-corrected chi connectivity index (χ0v) is 19.4. The number of benzene rings is 2. The first-order valence-electron chi connectivity index (χ1n) is 11.2. The molecule has 0 radical (unpaired) electrons. The Kier molecular flexibility index (Phi) is 6.12. The van der Waals surface area contributed by atoms with Gasteiger partial charge in [0, 0.05) is 53.6 Å². The molecule has 5 rings (SSSR count). The molecule has 2 N–H and O–H groups in total. The SMILES string of the molecule is CN(C)Cc1cncc(-c2cncc(C(N=N)c3nc4c(-c5ccc(F)cc5)cccc4[nH]3)c2)c1. The van der Waals surface area contributed by atoms with E-state index in [2.05, 4.69) is 31.0 Å². The van der Waals surface area contributed by atoms with Gasteiger partial charge in [0.15, 0.2) is 6.04 Å². The van der Waals surface area contributed by atoms with Gasteiger partial charge in [-0.2, -0.15) is 5.11 Å². The number of nitrogens with one attached hydrogen (secondary N) is 2. The van der Waals surface area contributed by atoms with Crippen LogP contribution in [-0.2, 0) is 6.54 Å². The van der Waals surface area contributed by atoms with Crippen molar-refractivity contribution in [3.8, 4) is 22.3 Å². The molecule has 0 saturated heterocycles. The molecule has 8 heteroatoms. The fraction of sp³-hybridized carbons (Fsp3) is 0.148. The van der Waals surface area contributed by atoms with Crippen LogP contribution in [0, 0.1) is 11.3 Å². The summed E-state index contributed by atoms with van der Waals surface area (Å²) in [4.78, 5) is 19.0. The van der Waals surface area contributed by atoms with Crippen LogP contribution in [-0.4, -0.2) is 38.9 Å². The van der Waals surface area contributed by atoms with E-state index in [1.54, 1.807) is 24.5 Å². The molecular formula is C27H24FN7. The molecule has 0 aliphatic carbocycles. The van der Waals surface area contributed by atoms with Gasteiger partial charge in [0.05, 0.1) is 11.0 Å². The smallest absolute Gasteiger partial charge is 0.155 e. The average molecular weight is 466 g/mol. The Balaban J connectivity index is 1.52. The number of imidazole rings is 1. The summed E-state index contributed by atoms with van der Waals surface area (Å²) in [5.74, 6) is 0.259. The largest absolute Gasteiger partial charge is 0.340 e. The van der Waals surface area contributed by atoms with Gasteiger partial charge in [0.1, 0.15) is 11.6 Å². The van der Waals surface area contributed by atoms with E-state index in [1.807, 2.05) is 50.8 Å². The van der Waals surface area contributed by atoms with E-state index in [0.717, 1.165) is 51.0 Å². The average Bonchev–Trinajstić information content (AvgIpc) is 3.29. The highest BCUT2D eigenvalue weighted by atomic mass is 19.1. The number of nitrogens with zero attached hydrogens (tertiary/aromatic N) is 5. The number of hydrogen-bond donors (Lipinski definition) is 2. The maximum absolute atomic E-state index is 13.4. The predicted molar refractivity (Wildman–Crippen MR) is 133 cm³/mol. The molecule has 1 unspecified atom stereocenters. The van der Waals surface area contributed by atoms with Gasteiger partial charge in [-0.1, -0.05) is 24.3 Å². The van der Waals surface area contributed by atoms with Crippen LogP contribution >= 0.6 is 0 Å². The minimum Gasteiger partial charge on any atom is -0.340 e. The summed E-state index contributed by atoms with van der Waals surface area (Å²) in [6, 6.07) is 15.6. The number of rotatable bonds is 7. The van der Waals surface area contributed by atoms with E-state index >= 15 is 0 Å². The predicted octanol–water partition coefficient (Wildman–Crippen LogP) is 6.01. The third-order valence-corrected chi connectivity index (χ3v) is 5.78. The van der Waals surface area contributed by atoms with Crippen LogP contribution in [0.3, 0.4) is 0 Å². The lowest BCUT2D eigenvalue weighted by Gasteiger charge is -2.12. The number of fused-ring (bicyclic) bond motifs is 1. The molecule has 1 atom stereocenters. The molecule has 0 fully saturated rings. The minimum absolute atomic E-state index is 0.286. The minimum atomic E-state index is -0.645. The fourth-order valence-electron chi connectivity index (χ4n) is 4.20. The first-order chi connectivity index (χ1) is 17.0. The first-order valence-corrected chi connectivity index (χ1v) is 11.2. The van der Waals surface area contributed by atoms with E-state index in [0.29, 0.717) is 5.82 Å². The van der Waals surface area contributed by atoms with Crippen molar-refractivity contribution in [3.63, 3.8) is 0 Å². The highest BCUT2D eigenvalue weighted by Crippen LogP contribution is 2.32. The third-order valence-electron chi connectivity index (χ3n) is 5.78. The summed E-state index contributed by atoms with van der Waals surface area (Å²) in [6.45, 7) is 0.786. The standard InChI is InChI=1S/C27H24FN7/c1-35(2)16-17-10-19(13-30-12-17)20-11-21(15-31-14-20)25(34-29)27-32-24-5-3-4-23(26(24)33-27)18-6-8-22(28)9-7-18/h3-15,25,29H,16H2,1-2H3,(H,32,33). The highest BCUT2D eigenvalue weighted by molar-refractivity contribution is 5.92. The summed E-state index contributed by atoms with van der Waals surface area (Å²) >= 11 is 0.